The third-order valence-electron chi connectivity index (χ3n) is 2.55. The molecule has 0 aliphatic carbocycles. The molecule has 0 saturated carbocycles. The number of amides is 1. The lowest BCUT2D eigenvalue weighted by Gasteiger charge is -2.15. The average molecular weight is 236 g/mol. The van der Waals surface area contributed by atoms with Crippen LogP contribution < -0.4 is 11.1 Å². The Hall–Kier alpha value is -1.39. The summed E-state index contributed by atoms with van der Waals surface area (Å²) in [4.78, 5) is 11.7. The van der Waals surface area contributed by atoms with Crippen LogP contribution in [0.15, 0.2) is 24.3 Å². The summed E-state index contributed by atoms with van der Waals surface area (Å²) in [6, 6.07) is 7.05. The third kappa shape index (κ3) is 4.17. The summed E-state index contributed by atoms with van der Waals surface area (Å²) < 4.78 is 5.01. The maximum absolute atomic E-state index is 11.7. The van der Waals surface area contributed by atoms with E-state index < -0.39 is 6.04 Å². The molecular weight excluding hydrogens is 216 g/mol. The summed E-state index contributed by atoms with van der Waals surface area (Å²) >= 11 is 0. The molecule has 0 bridgehead atoms. The van der Waals surface area contributed by atoms with Crippen molar-refractivity contribution in [1.29, 1.82) is 0 Å². The van der Waals surface area contributed by atoms with Gasteiger partial charge in [-0.3, -0.25) is 4.79 Å². The number of rotatable bonds is 5. The van der Waals surface area contributed by atoms with Crippen LogP contribution in [0.2, 0.25) is 0 Å². The molecule has 4 nitrogen and oxygen atoms in total. The van der Waals surface area contributed by atoms with Gasteiger partial charge in [-0.15, -0.1) is 0 Å². The maximum Gasteiger partial charge on any atom is 0.241 e. The molecule has 1 rings (SSSR count). The quantitative estimate of drug-likeness (QED) is 0.818. The Morgan fingerprint density at radius 2 is 1.94 bits per heavy atom. The number of anilines is 1. The number of nitrogens with one attached hydrogen (secondary N) is 1. The molecule has 3 N–H and O–H groups in total. The number of ether oxygens (including phenoxy) is 1. The molecule has 1 atom stereocenters. The molecule has 0 aromatic heterocycles. The summed E-state index contributed by atoms with van der Waals surface area (Å²) in [5.74, 6) is -0.0257. The smallest absolute Gasteiger partial charge is 0.241 e. The SMILES string of the molecule is COCc1ccc(NC(=O)[C@H](N)C(C)C)cc1. The molecular formula is C13H20N2O2. The molecule has 1 aromatic carbocycles. The highest BCUT2D eigenvalue weighted by molar-refractivity contribution is 5.94. The Labute approximate surface area is 102 Å². The second-order valence-electron chi connectivity index (χ2n) is 4.39. The number of benzene rings is 1. The first-order chi connectivity index (χ1) is 8.04. The van der Waals surface area contributed by atoms with E-state index in [0.717, 1.165) is 11.3 Å². The number of carbonyl (C=O) groups is 1. The fourth-order valence-corrected chi connectivity index (χ4v) is 1.38. The molecule has 4 heteroatoms. The Balaban J connectivity index is 2.60. The van der Waals surface area contributed by atoms with Crippen LogP contribution in [-0.2, 0) is 16.1 Å². The van der Waals surface area contributed by atoms with Crippen molar-refractivity contribution in [2.75, 3.05) is 12.4 Å². The monoisotopic (exact) mass is 236 g/mol. The predicted octanol–water partition coefficient (Wildman–Crippen LogP) is 1.75. The van der Waals surface area contributed by atoms with E-state index in [4.69, 9.17) is 10.5 Å². The lowest BCUT2D eigenvalue weighted by atomic mass is 10.0. The van der Waals surface area contributed by atoms with Crippen LogP contribution in [0.25, 0.3) is 0 Å². The average Bonchev–Trinajstić information content (AvgIpc) is 2.30. The summed E-state index contributed by atoms with van der Waals surface area (Å²) in [5, 5.41) is 2.79. The minimum Gasteiger partial charge on any atom is -0.380 e. The molecule has 0 radical (unpaired) electrons. The summed E-state index contributed by atoms with van der Waals surface area (Å²) in [6.45, 7) is 4.41. The minimum absolute atomic E-state index is 0.128. The molecule has 0 spiro atoms. The van der Waals surface area contributed by atoms with E-state index in [-0.39, 0.29) is 11.8 Å². The van der Waals surface area contributed by atoms with Crippen molar-refractivity contribution in [2.45, 2.75) is 26.5 Å². The van der Waals surface area contributed by atoms with Gasteiger partial charge in [0, 0.05) is 12.8 Å². The van der Waals surface area contributed by atoms with E-state index in [2.05, 4.69) is 5.32 Å². The molecule has 0 fully saturated rings. The zero-order valence-corrected chi connectivity index (χ0v) is 10.6. The van der Waals surface area contributed by atoms with E-state index in [9.17, 15) is 4.79 Å². The fraction of sp³-hybridized carbons (Fsp3) is 0.462. The lowest BCUT2D eigenvalue weighted by molar-refractivity contribution is -0.118. The molecule has 1 amide bonds. The zero-order valence-electron chi connectivity index (χ0n) is 10.6. The van der Waals surface area contributed by atoms with Crippen molar-refractivity contribution in [3.8, 4) is 0 Å². The number of methoxy groups -OCH3 is 1. The highest BCUT2D eigenvalue weighted by Crippen LogP contribution is 2.11. The van der Waals surface area contributed by atoms with E-state index in [1.54, 1.807) is 7.11 Å². The first-order valence-electron chi connectivity index (χ1n) is 5.69. The van der Waals surface area contributed by atoms with Gasteiger partial charge < -0.3 is 15.8 Å². The topological polar surface area (TPSA) is 64.3 Å². The molecule has 0 saturated heterocycles. The Bertz CT molecular complexity index is 360. The van der Waals surface area contributed by atoms with Crippen molar-refractivity contribution in [1.82, 2.24) is 0 Å². The normalized spacial score (nSPS) is 12.5. The van der Waals surface area contributed by atoms with Gasteiger partial charge in [-0.2, -0.15) is 0 Å². The molecule has 0 heterocycles. The van der Waals surface area contributed by atoms with Gasteiger partial charge in [0.1, 0.15) is 0 Å². The van der Waals surface area contributed by atoms with Crippen LogP contribution in [-0.4, -0.2) is 19.1 Å². The number of carbonyl (C=O) groups excluding carboxylic acids is 1. The summed E-state index contributed by atoms with van der Waals surface area (Å²) in [6.07, 6.45) is 0. The highest BCUT2D eigenvalue weighted by atomic mass is 16.5. The van der Waals surface area contributed by atoms with E-state index in [1.165, 1.54) is 0 Å². The Morgan fingerprint density at radius 3 is 2.41 bits per heavy atom. The van der Waals surface area contributed by atoms with Crippen LogP contribution in [0.1, 0.15) is 19.4 Å². The fourth-order valence-electron chi connectivity index (χ4n) is 1.38. The van der Waals surface area contributed by atoms with Gasteiger partial charge in [-0.1, -0.05) is 26.0 Å². The zero-order chi connectivity index (χ0) is 12.8. The Morgan fingerprint density at radius 1 is 1.35 bits per heavy atom. The van der Waals surface area contributed by atoms with Gasteiger partial charge in [0.05, 0.1) is 12.6 Å². The third-order valence-corrected chi connectivity index (χ3v) is 2.55. The van der Waals surface area contributed by atoms with Gasteiger partial charge >= 0.3 is 0 Å². The molecule has 94 valence electrons. The first-order valence-corrected chi connectivity index (χ1v) is 5.69. The van der Waals surface area contributed by atoms with Crippen LogP contribution >= 0.6 is 0 Å². The van der Waals surface area contributed by atoms with E-state index >= 15 is 0 Å². The number of hydrogen-bond acceptors (Lipinski definition) is 3. The van der Waals surface area contributed by atoms with Gasteiger partial charge in [0.25, 0.3) is 0 Å². The predicted molar refractivity (Wildman–Crippen MR) is 68.6 cm³/mol. The van der Waals surface area contributed by atoms with E-state index in [1.807, 2.05) is 38.1 Å². The minimum atomic E-state index is -0.478. The highest BCUT2D eigenvalue weighted by Gasteiger charge is 2.16. The van der Waals surface area contributed by atoms with Crippen molar-refractivity contribution >= 4 is 11.6 Å². The number of hydrogen-bond donors (Lipinski definition) is 2. The largest absolute Gasteiger partial charge is 0.380 e. The summed E-state index contributed by atoms with van der Waals surface area (Å²) in [7, 11) is 1.65. The summed E-state index contributed by atoms with van der Waals surface area (Å²) in [5.41, 5.74) is 7.58. The molecule has 1 aromatic rings. The van der Waals surface area contributed by atoms with E-state index in [0.29, 0.717) is 6.61 Å². The molecule has 0 aliphatic rings. The second-order valence-corrected chi connectivity index (χ2v) is 4.39. The second kappa shape index (κ2) is 6.37. The molecule has 0 aliphatic heterocycles. The van der Waals surface area contributed by atoms with Crippen LogP contribution in [0.4, 0.5) is 5.69 Å². The standard InChI is InChI=1S/C13H20N2O2/c1-9(2)12(14)13(16)15-11-6-4-10(5-7-11)8-17-3/h4-7,9,12H,8,14H2,1-3H3,(H,15,16)/t12-/m1/s1. The van der Waals surface area contributed by atoms with Crippen LogP contribution in [0.3, 0.4) is 0 Å². The van der Waals surface area contributed by atoms with Crippen molar-refractivity contribution in [2.24, 2.45) is 11.7 Å². The first kappa shape index (κ1) is 13.7. The van der Waals surface area contributed by atoms with Crippen molar-refractivity contribution in [3.63, 3.8) is 0 Å². The van der Waals surface area contributed by atoms with Crippen LogP contribution in [0, 0.1) is 5.92 Å². The Kier molecular flexibility index (Phi) is 5.12. The molecule has 17 heavy (non-hydrogen) atoms. The van der Waals surface area contributed by atoms with Crippen molar-refractivity contribution < 1.29 is 9.53 Å². The van der Waals surface area contributed by atoms with Gasteiger partial charge in [0.2, 0.25) is 5.91 Å². The maximum atomic E-state index is 11.7. The van der Waals surface area contributed by atoms with Gasteiger partial charge in [0.15, 0.2) is 0 Å². The van der Waals surface area contributed by atoms with Crippen LogP contribution in [0.5, 0.6) is 0 Å². The number of nitrogens with two attached hydrogens (primary N) is 1. The van der Waals surface area contributed by atoms with Gasteiger partial charge in [-0.05, 0) is 23.6 Å². The van der Waals surface area contributed by atoms with Crippen molar-refractivity contribution in [3.05, 3.63) is 29.8 Å². The lowest BCUT2D eigenvalue weighted by Crippen LogP contribution is -2.39. The van der Waals surface area contributed by atoms with Gasteiger partial charge in [-0.25, -0.2) is 0 Å². The molecule has 0 unspecified atom stereocenters.